The lowest BCUT2D eigenvalue weighted by Gasteiger charge is -2.07. The lowest BCUT2D eigenvalue weighted by Crippen LogP contribution is -2.18. The fraction of sp³-hybridized carbons (Fsp3) is 0.167. The van der Waals surface area contributed by atoms with Crippen molar-refractivity contribution in [2.45, 2.75) is 6.92 Å². The average molecular weight is 251 g/mol. The average Bonchev–Trinajstić information content (AvgIpc) is 2.34. The van der Waals surface area contributed by atoms with E-state index in [1.54, 1.807) is 30.5 Å². The molecule has 0 saturated carbocycles. The Kier molecular flexibility index (Phi) is 3.44. The number of aromatic nitrogens is 2. The Morgan fingerprint density at radius 3 is 2.71 bits per heavy atom. The van der Waals surface area contributed by atoms with Gasteiger partial charge in [-0.15, -0.1) is 0 Å². The second kappa shape index (κ2) is 5.01. The van der Waals surface area contributed by atoms with Crippen molar-refractivity contribution < 1.29 is 4.74 Å². The summed E-state index contributed by atoms with van der Waals surface area (Å²) in [6.07, 6.45) is 3.06. The van der Waals surface area contributed by atoms with Crippen molar-refractivity contribution in [2.24, 2.45) is 0 Å². The molecule has 88 valence electrons. The highest BCUT2D eigenvalue weighted by molar-refractivity contribution is 6.29. The highest BCUT2D eigenvalue weighted by Crippen LogP contribution is 2.14. The van der Waals surface area contributed by atoms with Crippen LogP contribution in [0, 0.1) is 0 Å². The van der Waals surface area contributed by atoms with Gasteiger partial charge in [0, 0.05) is 18.1 Å². The minimum atomic E-state index is -0.335. The van der Waals surface area contributed by atoms with E-state index in [9.17, 15) is 4.79 Å². The van der Waals surface area contributed by atoms with Crippen molar-refractivity contribution >= 4 is 11.6 Å². The molecule has 0 atom stereocenters. The maximum absolute atomic E-state index is 11.7. The van der Waals surface area contributed by atoms with Gasteiger partial charge >= 0.3 is 0 Å². The molecule has 1 heterocycles. The minimum absolute atomic E-state index is 0.0404. The molecule has 0 bridgehead atoms. The third-order valence-corrected chi connectivity index (χ3v) is 2.48. The number of benzene rings is 1. The molecule has 5 heteroatoms. The Morgan fingerprint density at radius 1 is 1.35 bits per heavy atom. The fourth-order valence-corrected chi connectivity index (χ4v) is 1.61. The predicted molar refractivity (Wildman–Crippen MR) is 66.0 cm³/mol. The first-order valence-electron chi connectivity index (χ1n) is 5.18. The first-order chi connectivity index (χ1) is 8.22. The first-order valence-corrected chi connectivity index (χ1v) is 5.56. The van der Waals surface area contributed by atoms with Gasteiger partial charge in [0.05, 0.1) is 6.61 Å². The van der Waals surface area contributed by atoms with Gasteiger partial charge in [-0.05, 0) is 31.2 Å². The van der Waals surface area contributed by atoms with E-state index in [0.29, 0.717) is 6.61 Å². The summed E-state index contributed by atoms with van der Waals surface area (Å²) >= 11 is 5.68. The van der Waals surface area contributed by atoms with Gasteiger partial charge in [-0.25, -0.2) is 4.98 Å². The molecule has 1 aromatic carbocycles. The molecular formula is C12H11ClN2O2. The molecule has 0 aliphatic carbocycles. The van der Waals surface area contributed by atoms with Crippen molar-refractivity contribution in [3.05, 3.63) is 52.2 Å². The topological polar surface area (TPSA) is 44.1 Å². The van der Waals surface area contributed by atoms with Crippen LogP contribution in [0.4, 0.5) is 0 Å². The van der Waals surface area contributed by atoms with Gasteiger partial charge in [0.25, 0.3) is 5.56 Å². The van der Waals surface area contributed by atoms with Crippen LogP contribution in [0.5, 0.6) is 5.75 Å². The van der Waals surface area contributed by atoms with Crippen molar-refractivity contribution in [2.75, 3.05) is 6.61 Å². The summed E-state index contributed by atoms with van der Waals surface area (Å²) in [5, 5.41) is -0.0404. The van der Waals surface area contributed by atoms with Crippen molar-refractivity contribution in [3.8, 4) is 11.4 Å². The van der Waals surface area contributed by atoms with Gasteiger partial charge in [-0.2, -0.15) is 0 Å². The molecule has 0 N–H and O–H groups in total. The summed E-state index contributed by atoms with van der Waals surface area (Å²) in [6.45, 7) is 2.53. The van der Waals surface area contributed by atoms with E-state index >= 15 is 0 Å². The molecule has 0 fully saturated rings. The molecule has 4 nitrogen and oxygen atoms in total. The standard InChI is InChI=1S/C12H11ClN2O2/c1-2-17-10-5-3-9(4-6-10)15-8-7-14-11(13)12(15)16/h3-8H,2H2,1H3. The van der Waals surface area contributed by atoms with E-state index in [0.717, 1.165) is 11.4 Å². The van der Waals surface area contributed by atoms with Crippen LogP contribution in [0.25, 0.3) is 5.69 Å². The van der Waals surface area contributed by atoms with Crippen LogP contribution in [-0.4, -0.2) is 16.2 Å². The van der Waals surface area contributed by atoms with Crippen molar-refractivity contribution in [1.29, 1.82) is 0 Å². The minimum Gasteiger partial charge on any atom is -0.494 e. The number of rotatable bonds is 3. The second-order valence-corrected chi connectivity index (χ2v) is 3.68. The summed E-state index contributed by atoms with van der Waals surface area (Å²) < 4.78 is 6.76. The molecule has 17 heavy (non-hydrogen) atoms. The fourth-order valence-electron chi connectivity index (χ4n) is 1.46. The quantitative estimate of drug-likeness (QED) is 0.840. The van der Waals surface area contributed by atoms with Crippen LogP contribution in [0.3, 0.4) is 0 Å². The van der Waals surface area contributed by atoms with Gasteiger partial charge < -0.3 is 4.74 Å². The Hall–Kier alpha value is -1.81. The van der Waals surface area contributed by atoms with E-state index < -0.39 is 0 Å². The van der Waals surface area contributed by atoms with Crippen molar-refractivity contribution in [3.63, 3.8) is 0 Å². The Morgan fingerprint density at radius 2 is 2.06 bits per heavy atom. The van der Waals surface area contributed by atoms with Crippen molar-refractivity contribution in [1.82, 2.24) is 9.55 Å². The van der Waals surface area contributed by atoms with Crippen LogP contribution in [-0.2, 0) is 0 Å². The highest BCUT2D eigenvalue weighted by atomic mass is 35.5. The van der Waals surface area contributed by atoms with Gasteiger partial charge in [0.1, 0.15) is 5.75 Å². The molecule has 2 aromatic rings. The molecule has 0 spiro atoms. The summed E-state index contributed by atoms with van der Waals surface area (Å²) in [5.74, 6) is 0.768. The van der Waals surface area contributed by atoms with E-state index in [1.807, 2.05) is 6.92 Å². The van der Waals surface area contributed by atoms with Crippen LogP contribution in [0.2, 0.25) is 5.15 Å². The molecule has 0 aliphatic heterocycles. The number of nitrogens with zero attached hydrogens (tertiary/aromatic N) is 2. The largest absolute Gasteiger partial charge is 0.494 e. The number of hydrogen-bond donors (Lipinski definition) is 0. The van der Waals surface area contributed by atoms with E-state index in [4.69, 9.17) is 16.3 Å². The van der Waals surface area contributed by atoms with E-state index in [-0.39, 0.29) is 10.7 Å². The zero-order valence-corrected chi connectivity index (χ0v) is 10.0. The Balaban J connectivity index is 2.40. The molecule has 0 saturated heterocycles. The normalized spacial score (nSPS) is 10.2. The van der Waals surface area contributed by atoms with E-state index in [1.165, 1.54) is 10.8 Å². The maximum Gasteiger partial charge on any atom is 0.292 e. The predicted octanol–water partition coefficient (Wildman–Crippen LogP) is 2.28. The van der Waals surface area contributed by atoms with Crippen LogP contribution >= 0.6 is 11.6 Å². The Labute approximate surface area is 103 Å². The van der Waals surface area contributed by atoms with Gasteiger partial charge in [0.15, 0.2) is 5.15 Å². The molecule has 0 amide bonds. The van der Waals surface area contributed by atoms with E-state index in [2.05, 4.69) is 4.98 Å². The van der Waals surface area contributed by atoms with Crippen LogP contribution in [0.1, 0.15) is 6.92 Å². The third-order valence-electron chi connectivity index (χ3n) is 2.22. The number of hydrogen-bond acceptors (Lipinski definition) is 3. The number of ether oxygens (including phenoxy) is 1. The maximum atomic E-state index is 11.7. The smallest absolute Gasteiger partial charge is 0.292 e. The lowest BCUT2D eigenvalue weighted by atomic mass is 10.3. The first kappa shape index (κ1) is 11.7. The molecule has 0 unspecified atom stereocenters. The zero-order chi connectivity index (χ0) is 12.3. The molecular weight excluding hydrogens is 240 g/mol. The van der Waals surface area contributed by atoms with Crippen LogP contribution in [0.15, 0.2) is 41.5 Å². The summed E-state index contributed by atoms with van der Waals surface area (Å²) in [6, 6.07) is 7.20. The number of halogens is 1. The van der Waals surface area contributed by atoms with Gasteiger partial charge in [-0.1, -0.05) is 11.6 Å². The Bertz CT molecular complexity index is 563. The third kappa shape index (κ3) is 2.47. The van der Waals surface area contributed by atoms with Gasteiger partial charge in [-0.3, -0.25) is 9.36 Å². The zero-order valence-electron chi connectivity index (χ0n) is 9.26. The SMILES string of the molecule is CCOc1ccc(-n2ccnc(Cl)c2=O)cc1. The summed E-state index contributed by atoms with van der Waals surface area (Å²) in [4.78, 5) is 15.4. The summed E-state index contributed by atoms with van der Waals surface area (Å²) in [7, 11) is 0. The molecule has 1 aromatic heterocycles. The highest BCUT2D eigenvalue weighted by Gasteiger charge is 2.03. The van der Waals surface area contributed by atoms with Crippen LogP contribution < -0.4 is 10.3 Å². The lowest BCUT2D eigenvalue weighted by molar-refractivity contribution is 0.340. The second-order valence-electron chi connectivity index (χ2n) is 3.32. The summed E-state index contributed by atoms with van der Waals surface area (Å²) in [5.41, 5.74) is 0.390. The van der Waals surface area contributed by atoms with Gasteiger partial charge in [0.2, 0.25) is 0 Å². The monoisotopic (exact) mass is 250 g/mol. The molecule has 0 radical (unpaired) electrons. The molecule has 2 rings (SSSR count). The molecule has 0 aliphatic rings.